The fourth-order valence-corrected chi connectivity index (χ4v) is 4.34. The van der Waals surface area contributed by atoms with E-state index in [2.05, 4.69) is 13.0 Å². The van der Waals surface area contributed by atoms with Crippen molar-refractivity contribution < 1.29 is 13.2 Å². The molecule has 0 atom stereocenters. The van der Waals surface area contributed by atoms with Gasteiger partial charge in [-0.3, -0.25) is 4.79 Å². The van der Waals surface area contributed by atoms with Crippen molar-refractivity contribution in [3.8, 4) is 0 Å². The number of nitrogens with zero attached hydrogens (tertiary/aromatic N) is 2. The maximum atomic E-state index is 12.7. The van der Waals surface area contributed by atoms with Crippen molar-refractivity contribution in [1.82, 2.24) is 9.21 Å². The van der Waals surface area contributed by atoms with E-state index in [1.165, 1.54) is 9.18 Å². The topological polar surface area (TPSA) is 83.7 Å². The molecule has 130 valence electrons. The summed E-state index contributed by atoms with van der Waals surface area (Å²) in [5.74, 6) is 0.0559. The average Bonchev–Trinajstić information content (AvgIpc) is 3.03. The first kappa shape index (κ1) is 18.4. The minimum atomic E-state index is -3.64. The number of carbonyl (C=O) groups excluding carboxylic acids is 1. The van der Waals surface area contributed by atoms with Gasteiger partial charge in [0.15, 0.2) is 0 Å². The van der Waals surface area contributed by atoms with Crippen molar-refractivity contribution in [2.75, 3.05) is 26.2 Å². The lowest BCUT2D eigenvalue weighted by atomic mass is 9.96. The predicted molar refractivity (Wildman–Crippen MR) is 92.3 cm³/mol. The molecule has 1 amide bonds. The highest BCUT2D eigenvalue weighted by Gasteiger charge is 2.31. The van der Waals surface area contributed by atoms with E-state index >= 15 is 0 Å². The standard InChI is InChI=1S/C15H25N3O3S2/c1-2-8-17(9-7-14-4-3-12-22-14)15(19)13-5-10-18(11-6-13)23(16,20)21/h3-4,12-13H,2,5-11H2,1H3,(H2,16,20,21). The number of rotatable bonds is 7. The Labute approximate surface area is 142 Å². The Bertz CT molecular complexity index is 593. The SMILES string of the molecule is CCCN(CCc1cccs1)C(=O)C1CCN(S(N)(=O)=O)CC1. The third kappa shape index (κ3) is 5.27. The number of amides is 1. The molecule has 23 heavy (non-hydrogen) atoms. The smallest absolute Gasteiger partial charge is 0.276 e. The lowest BCUT2D eigenvalue weighted by molar-refractivity contribution is -0.136. The van der Waals surface area contributed by atoms with Crippen LogP contribution in [0.4, 0.5) is 0 Å². The van der Waals surface area contributed by atoms with E-state index in [9.17, 15) is 13.2 Å². The third-order valence-corrected chi connectivity index (χ3v) is 6.20. The number of thiophene rings is 1. The number of nitrogens with two attached hydrogens (primary N) is 1. The fourth-order valence-electron chi connectivity index (χ4n) is 2.92. The second kappa shape index (κ2) is 8.23. The van der Waals surface area contributed by atoms with E-state index in [0.717, 1.165) is 25.9 Å². The van der Waals surface area contributed by atoms with Crippen LogP contribution in [0.3, 0.4) is 0 Å². The Kier molecular flexibility index (Phi) is 6.58. The molecule has 2 rings (SSSR count). The van der Waals surface area contributed by atoms with E-state index in [4.69, 9.17) is 5.14 Å². The highest BCUT2D eigenvalue weighted by Crippen LogP contribution is 2.21. The summed E-state index contributed by atoms with van der Waals surface area (Å²) in [6.45, 7) is 4.21. The lowest BCUT2D eigenvalue weighted by Gasteiger charge is -2.32. The zero-order valence-corrected chi connectivity index (χ0v) is 15.1. The first-order valence-corrected chi connectivity index (χ1v) is 10.4. The normalized spacial score (nSPS) is 17.3. The molecule has 0 aromatic carbocycles. The number of piperidine rings is 1. The van der Waals surface area contributed by atoms with Gasteiger partial charge < -0.3 is 4.90 Å². The van der Waals surface area contributed by atoms with Gasteiger partial charge in [-0.05, 0) is 37.1 Å². The predicted octanol–water partition coefficient (Wildman–Crippen LogP) is 1.44. The lowest BCUT2D eigenvalue weighted by Crippen LogP contribution is -2.46. The van der Waals surface area contributed by atoms with Gasteiger partial charge in [-0.25, -0.2) is 5.14 Å². The molecule has 0 unspecified atom stereocenters. The van der Waals surface area contributed by atoms with Gasteiger partial charge in [0, 0.05) is 37.0 Å². The molecule has 1 aromatic rings. The number of hydrogen-bond acceptors (Lipinski definition) is 4. The highest BCUT2D eigenvalue weighted by molar-refractivity contribution is 7.86. The number of hydrogen-bond donors (Lipinski definition) is 1. The molecular weight excluding hydrogens is 334 g/mol. The Morgan fingerprint density at radius 2 is 2.09 bits per heavy atom. The molecule has 1 aliphatic heterocycles. The Morgan fingerprint density at radius 1 is 1.39 bits per heavy atom. The molecule has 1 aliphatic rings. The van der Waals surface area contributed by atoms with Gasteiger partial charge in [-0.1, -0.05) is 13.0 Å². The van der Waals surface area contributed by atoms with Gasteiger partial charge in [-0.15, -0.1) is 11.3 Å². The Balaban J connectivity index is 1.90. The molecule has 8 heteroatoms. The zero-order chi connectivity index (χ0) is 16.9. The fraction of sp³-hybridized carbons (Fsp3) is 0.667. The van der Waals surface area contributed by atoms with E-state index < -0.39 is 10.2 Å². The largest absolute Gasteiger partial charge is 0.342 e. The van der Waals surface area contributed by atoms with E-state index in [1.54, 1.807) is 11.3 Å². The first-order valence-electron chi connectivity index (χ1n) is 8.01. The van der Waals surface area contributed by atoms with E-state index in [-0.39, 0.29) is 11.8 Å². The van der Waals surface area contributed by atoms with Crippen molar-refractivity contribution in [2.24, 2.45) is 11.1 Å². The molecular formula is C15H25N3O3S2. The highest BCUT2D eigenvalue weighted by atomic mass is 32.2. The summed E-state index contributed by atoms with van der Waals surface area (Å²) in [6.07, 6.45) is 2.90. The third-order valence-electron chi connectivity index (χ3n) is 4.18. The molecule has 0 bridgehead atoms. The van der Waals surface area contributed by atoms with E-state index in [0.29, 0.717) is 25.9 Å². The molecule has 2 heterocycles. The summed E-state index contributed by atoms with van der Waals surface area (Å²) in [4.78, 5) is 15.9. The van der Waals surface area contributed by atoms with Crippen LogP contribution in [0.2, 0.25) is 0 Å². The van der Waals surface area contributed by atoms with Gasteiger partial charge in [0.05, 0.1) is 0 Å². The van der Waals surface area contributed by atoms with Crippen molar-refractivity contribution >= 4 is 27.5 Å². The van der Waals surface area contributed by atoms with Crippen LogP contribution >= 0.6 is 11.3 Å². The maximum absolute atomic E-state index is 12.7. The zero-order valence-electron chi connectivity index (χ0n) is 13.5. The molecule has 0 saturated carbocycles. The molecule has 0 aliphatic carbocycles. The quantitative estimate of drug-likeness (QED) is 0.800. The van der Waals surface area contributed by atoms with Crippen LogP contribution in [0.5, 0.6) is 0 Å². The Morgan fingerprint density at radius 3 is 2.61 bits per heavy atom. The molecule has 0 radical (unpaired) electrons. The Hall–Kier alpha value is -0.960. The van der Waals surface area contributed by atoms with Crippen molar-refractivity contribution in [2.45, 2.75) is 32.6 Å². The second-order valence-corrected chi connectivity index (χ2v) is 8.45. The second-order valence-electron chi connectivity index (χ2n) is 5.87. The van der Waals surface area contributed by atoms with Crippen molar-refractivity contribution in [3.63, 3.8) is 0 Å². The molecule has 6 nitrogen and oxygen atoms in total. The molecule has 2 N–H and O–H groups in total. The molecule has 0 spiro atoms. The summed E-state index contributed by atoms with van der Waals surface area (Å²) in [7, 11) is -3.64. The van der Waals surface area contributed by atoms with E-state index in [1.807, 2.05) is 16.3 Å². The van der Waals surface area contributed by atoms with Crippen LogP contribution in [-0.2, 0) is 21.4 Å². The van der Waals surface area contributed by atoms with Gasteiger partial charge >= 0.3 is 0 Å². The first-order chi connectivity index (χ1) is 10.9. The van der Waals surface area contributed by atoms with Gasteiger partial charge in [0.1, 0.15) is 0 Å². The minimum absolute atomic E-state index is 0.0946. The van der Waals surface area contributed by atoms with Crippen molar-refractivity contribution in [3.05, 3.63) is 22.4 Å². The monoisotopic (exact) mass is 359 g/mol. The summed E-state index contributed by atoms with van der Waals surface area (Å²) in [5, 5.41) is 7.19. The summed E-state index contributed by atoms with van der Waals surface area (Å²) >= 11 is 1.71. The maximum Gasteiger partial charge on any atom is 0.276 e. The summed E-state index contributed by atoms with van der Waals surface area (Å²) in [5.41, 5.74) is 0. The summed E-state index contributed by atoms with van der Waals surface area (Å²) < 4.78 is 23.9. The van der Waals surface area contributed by atoms with Crippen LogP contribution in [0.25, 0.3) is 0 Å². The van der Waals surface area contributed by atoms with Crippen LogP contribution in [0.1, 0.15) is 31.1 Å². The van der Waals surface area contributed by atoms with Crippen LogP contribution < -0.4 is 5.14 Å². The van der Waals surface area contributed by atoms with Gasteiger partial charge in [0.2, 0.25) is 5.91 Å². The van der Waals surface area contributed by atoms with Gasteiger partial charge in [0.25, 0.3) is 10.2 Å². The van der Waals surface area contributed by atoms with Crippen LogP contribution in [0.15, 0.2) is 17.5 Å². The summed E-state index contributed by atoms with van der Waals surface area (Å²) in [6, 6.07) is 4.11. The van der Waals surface area contributed by atoms with Gasteiger partial charge in [-0.2, -0.15) is 12.7 Å². The van der Waals surface area contributed by atoms with Crippen molar-refractivity contribution in [1.29, 1.82) is 0 Å². The molecule has 1 saturated heterocycles. The van der Waals surface area contributed by atoms with Crippen LogP contribution in [-0.4, -0.2) is 49.7 Å². The molecule has 1 aromatic heterocycles. The number of carbonyl (C=O) groups is 1. The van der Waals surface area contributed by atoms with Crippen LogP contribution in [0, 0.1) is 5.92 Å². The molecule has 1 fully saturated rings. The average molecular weight is 360 g/mol. The minimum Gasteiger partial charge on any atom is -0.342 e.